The summed E-state index contributed by atoms with van der Waals surface area (Å²) in [5.41, 5.74) is 1.51. The first-order valence-electron chi connectivity index (χ1n) is 4.05. The highest BCUT2D eigenvalue weighted by Crippen LogP contribution is 2.23. The number of rotatable bonds is 2. The van der Waals surface area contributed by atoms with E-state index in [4.69, 9.17) is 4.74 Å². The van der Waals surface area contributed by atoms with E-state index in [-0.39, 0.29) is 11.5 Å². The summed E-state index contributed by atoms with van der Waals surface area (Å²) in [4.78, 5) is 0. The molecule has 0 heterocycles. The van der Waals surface area contributed by atoms with E-state index < -0.39 is 0 Å². The molecular formula is C10H20O. The summed E-state index contributed by atoms with van der Waals surface area (Å²) in [6.07, 6.45) is 2.40. The minimum Gasteiger partial charge on any atom is -0.377 e. The maximum absolute atomic E-state index is 5.35. The highest BCUT2D eigenvalue weighted by Gasteiger charge is 2.21. The van der Waals surface area contributed by atoms with Gasteiger partial charge in [-0.15, -0.1) is 0 Å². The average Bonchev–Trinajstić information content (AvgIpc) is 1.79. The van der Waals surface area contributed by atoms with Gasteiger partial charge in [-0.05, 0) is 19.3 Å². The fourth-order valence-corrected chi connectivity index (χ4v) is 0.974. The van der Waals surface area contributed by atoms with E-state index in [1.807, 2.05) is 0 Å². The van der Waals surface area contributed by atoms with Crippen molar-refractivity contribution in [1.29, 1.82) is 0 Å². The lowest BCUT2D eigenvalue weighted by atomic mass is 9.88. The van der Waals surface area contributed by atoms with Gasteiger partial charge in [0.2, 0.25) is 0 Å². The molecule has 0 spiro atoms. The van der Waals surface area contributed by atoms with Crippen LogP contribution in [0.5, 0.6) is 0 Å². The van der Waals surface area contributed by atoms with Gasteiger partial charge in [-0.3, -0.25) is 0 Å². The Morgan fingerprint density at radius 3 is 1.82 bits per heavy atom. The summed E-state index contributed by atoms with van der Waals surface area (Å²) in [6.45, 7) is 10.7. The van der Waals surface area contributed by atoms with Crippen LogP contribution in [0.2, 0.25) is 0 Å². The van der Waals surface area contributed by atoms with Crippen molar-refractivity contribution in [2.24, 2.45) is 5.41 Å². The Hall–Kier alpha value is -0.300. The third-order valence-electron chi connectivity index (χ3n) is 1.59. The molecule has 0 rings (SSSR count). The van der Waals surface area contributed by atoms with Gasteiger partial charge in [-0.2, -0.15) is 0 Å². The van der Waals surface area contributed by atoms with Gasteiger partial charge in [0.15, 0.2) is 0 Å². The Kier molecular flexibility index (Phi) is 3.81. The van der Waals surface area contributed by atoms with E-state index in [0.717, 1.165) is 0 Å². The first-order chi connectivity index (χ1) is 4.88. The zero-order valence-corrected chi connectivity index (χ0v) is 8.56. The second kappa shape index (κ2) is 3.91. The SMILES string of the molecule is CO[C@H](C=C(C)C)C(C)(C)C. The highest BCUT2D eigenvalue weighted by molar-refractivity contribution is 5.02. The van der Waals surface area contributed by atoms with Crippen LogP contribution in [-0.4, -0.2) is 13.2 Å². The van der Waals surface area contributed by atoms with E-state index in [9.17, 15) is 0 Å². The van der Waals surface area contributed by atoms with Gasteiger partial charge in [0.1, 0.15) is 0 Å². The lowest BCUT2D eigenvalue weighted by Gasteiger charge is -2.27. The van der Waals surface area contributed by atoms with Crippen molar-refractivity contribution >= 4 is 0 Å². The van der Waals surface area contributed by atoms with E-state index in [1.54, 1.807) is 7.11 Å². The fraction of sp³-hybridized carbons (Fsp3) is 0.800. The molecule has 0 aliphatic carbocycles. The largest absolute Gasteiger partial charge is 0.377 e. The van der Waals surface area contributed by atoms with Crippen LogP contribution in [0, 0.1) is 5.41 Å². The van der Waals surface area contributed by atoms with Crippen LogP contribution in [0.3, 0.4) is 0 Å². The molecule has 0 saturated heterocycles. The van der Waals surface area contributed by atoms with E-state index in [2.05, 4.69) is 40.7 Å². The molecule has 0 N–H and O–H groups in total. The van der Waals surface area contributed by atoms with Crippen LogP contribution in [0.1, 0.15) is 34.6 Å². The molecule has 0 amide bonds. The molecule has 0 bridgehead atoms. The molecule has 0 aromatic heterocycles. The van der Waals surface area contributed by atoms with Crippen molar-refractivity contribution in [3.8, 4) is 0 Å². The van der Waals surface area contributed by atoms with E-state index in [1.165, 1.54) is 5.57 Å². The van der Waals surface area contributed by atoms with Crippen LogP contribution in [0.4, 0.5) is 0 Å². The predicted octanol–water partition coefficient (Wildman–Crippen LogP) is 3.01. The first-order valence-corrected chi connectivity index (χ1v) is 4.05. The second-order valence-corrected chi connectivity index (χ2v) is 4.27. The predicted molar refractivity (Wildman–Crippen MR) is 49.7 cm³/mol. The first kappa shape index (κ1) is 10.7. The molecule has 66 valence electrons. The van der Waals surface area contributed by atoms with E-state index in [0.29, 0.717) is 0 Å². The molecule has 0 aliphatic heterocycles. The second-order valence-electron chi connectivity index (χ2n) is 4.27. The van der Waals surface area contributed by atoms with Crippen LogP contribution in [0.25, 0.3) is 0 Å². The third kappa shape index (κ3) is 4.20. The van der Waals surface area contributed by atoms with Gasteiger partial charge in [0.05, 0.1) is 6.10 Å². The Morgan fingerprint density at radius 1 is 1.27 bits per heavy atom. The molecule has 0 aromatic carbocycles. The minimum atomic E-state index is 0.200. The Bertz CT molecular complexity index is 135. The number of hydrogen-bond donors (Lipinski definition) is 0. The van der Waals surface area contributed by atoms with Gasteiger partial charge < -0.3 is 4.74 Å². The van der Waals surface area contributed by atoms with Gasteiger partial charge in [-0.1, -0.05) is 32.4 Å². The molecule has 11 heavy (non-hydrogen) atoms. The smallest absolute Gasteiger partial charge is 0.0802 e. The van der Waals surface area contributed by atoms with Crippen molar-refractivity contribution in [2.45, 2.75) is 40.7 Å². The van der Waals surface area contributed by atoms with Gasteiger partial charge >= 0.3 is 0 Å². The van der Waals surface area contributed by atoms with Crippen LogP contribution in [-0.2, 0) is 4.74 Å². The van der Waals surface area contributed by atoms with Crippen LogP contribution >= 0.6 is 0 Å². The zero-order valence-electron chi connectivity index (χ0n) is 8.56. The lowest BCUT2D eigenvalue weighted by molar-refractivity contribution is 0.0529. The molecule has 0 fully saturated rings. The number of methoxy groups -OCH3 is 1. The van der Waals surface area contributed by atoms with Crippen LogP contribution < -0.4 is 0 Å². The van der Waals surface area contributed by atoms with Crippen molar-refractivity contribution in [1.82, 2.24) is 0 Å². The van der Waals surface area contributed by atoms with Gasteiger partial charge in [-0.25, -0.2) is 0 Å². The summed E-state index contributed by atoms with van der Waals surface area (Å²) in [7, 11) is 1.76. The Balaban J connectivity index is 4.31. The van der Waals surface area contributed by atoms with Crippen LogP contribution in [0.15, 0.2) is 11.6 Å². The quantitative estimate of drug-likeness (QED) is 0.558. The Labute approximate surface area is 70.4 Å². The summed E-state index contributed by atoms with van der Waals surface area (Å²) in [6, 6.07) is 0. The molecule has 1 atom stereocenters. The third-order valence-corrected chi connectivity index (χ3v) is 1.59. The molecule has 0 saturated carbocycles. The lowest BCUT2D eigenvalue weighted by Crippen LogP contribution is -2.26. The number of ether oxygens (including phenoxy) is 1. The average molecular weight is 156 g/mol. The normalized spacial score (nSPS) is 14.4. The molecule has 0 aliphatic rings. The highest BCUT2D eigenvalue weighted by atomic mass is 16.5. The fourth-order valence-electron chi connectivity index (χ4n) is 0.974. The molecule has 0 radical (unpaired) electrons. The maximum Gasteiger partial charge on any atom is 0.0802 e. The number of allylic oxidation sites excluding steroid dienone is 1. The molecule has 1 heteroatoms. The van der Waals surface area contributed by atoms with Crippen molar-refractivity contribution < 1.29 is 4.74 Å². The van der Waals surface area contributed by atoms with E-state index >= 15 is 0 Å². The van der Waals surface area contributed by atoms with Gasteiger partial charge in [0.25, 0.3) is 0 Å². The maximum atomic E-state index is 5.35. The van der Waals surface area contributed by atoms with Gasteiger partial charge in [0, 0.05) is 7.11 Å². The molecule has 0 aromatic rings. The molecule has 0 unspecified atom stereocenters. The minimum absolute atomic E-state index is 0.200. The monoisotopic (exact) mass is 156 g/mol. The standard InChI is InChI=1S/C10H20O/c1-8(2)7-9(11-6)10(3,4)5/h7,9H,1-6H3/t9-/m1/s1. The summed E-state index contributed by atoms with van der Waals surface area (Å²) in [5.74, 6) is 0. The van der Waals surface area contributed by atoms with Crippen molar-refractivity contribution in [3.63, 3.8) is 0 Å². The van der Waals surface area contributed by atoms with Crippen molar-refractivity contribution in [3.05, 3.63) is 11.6 Å². The topological polar surface area (TPSA) is 9.23 Å². The zero-order chi connectivity index (χ0) is 9.07. The van der Waals surface area contributed by atoms with Crippen molar-refractivity contribution in [2.75, 3.05) is 7.11 Å². The summed E-state index contributed by atoms with van der Waals surface area (Å²) < 4.78 is 5.35. The summed E-state index contributed by atoms with van der Waals surface area (Å²) >= 11 is 0. The summed E-state index contributed by atoms with van der Waals surface area (Å²) in [5, 5.41) is 0. The molecular weight excluding hydrogens is 136 g/mol. The Morgan fingerprint density at radius 2 is 1.73 bits per heavy atom. The molecule has 1 nitrogen and oxygen atoms in total. The number of hydrogen-bond acceptors (Lipinski definition) is 1.